The first-order valence-corrected chi connectivity index (χ1v) is 9.81. The van der Waals surface area contributed by atoms with E-state index in [2.05, 4.69) is 20.4 Å². The lowest BCUT2D eigenvalue weighted by molar-refractivity contribution is -0.111. The Bertz CT molecular complexity index is 1140. The molecule has 0 saturated carbocycles. The van der Waals surface area contributed by atoms with Gasteiger partial charge in [-0.1, -0.05) is 0 Å². The maximum atomic E-state index is 13.0. The Kier molecular flexibility index (Phi) is 5.33. The Morgan fingerprint density at radius 3 is 2.81 bits per heavy atom. The predicted octanol–water partition coefficient (Wildman–Crippen LogP) is 2.44. The van der Waals surface area contributed by atoms with Crippen LogP contribution in [-0.2, 0) is 24.9 Å². The van der Waals surface area contributed by atoms with E-state index in [4.69, 9.17) is 15.2 Å². The third kappa shape index (κ3) is 4.50. The Balaban J connectivity index is 1.62. The number of amides is 1. The van der Waals surface area contributed by atoms with Crippen molar-refractivity contribution in [2.45, 2.75) is 32.5 Å². The first-order chi connectivity index (χ1) is 14.8. The van der Waals surface area contributed by atoms with E-state index in [1.54, 1.807) is 35.4 Å². The summed E-state index contributed by atoms with van der Waals surface area (Å²) in [6, 6.07) is 5.35. The normalized spacial score (nSPS) is 14.6. The number of carbonyl (C=O) groups is 1. The molecule has 0 bridgehead atoms. The van der Waals surface area contributed by atoms with Crippen molar-refractivity contribution in [3.8, 4) is 11.5 Å². The molecule has 0 radical (unpaired) electrons. The number of fused-ring (bicyclic) bond motifs is 1. The summed E-state index contributed by atoms with van der Waals surface area (Å²) >= 11 is 0. The van der Waals surface area contributed by atoms with Crippen molar-refractivity contribution in [2.75, 3.05) is 5.32 Å². The molecular formula is C22H24N6O3. The van der Waals surface area contributed by atoms with Gasteiger partial charge in [0, 0.05) is 55.5 Å². The molecule has 160 valence electrons. The van der Waals surface area contributed by atoms with Gasteiger partial charge in [-0.2, -0.15) is 5.10 Å². The van der Waals surface area contributed by atoms with Gasteiger partial charge in [-0.15, -0.1) is 0 Å². The van der Waals surface area contributed by atoms with Gasteiger partial charge < -0.3 is 20.5 Å². The molecule has 1 aromatic carbocycles. The Morgan fingerprint density at radius 1 is 1.35 bits per heavy atom. The van der Waals surface area contributed by atoms with E-state index in [1.807, 2.05) is 33.2 Å². The second-order valence-electron chi connectivity index (χ2n) is 7.91. The van der Waals surface area contributed by atoms with Crippen LogP contribution in [-0.4, -0.2) is 31.3 Å². The van der Waals surface area contributed by atoms with Crippen molar-refractivity contribution < 1.29 is 14.3 Å². The molecule has 0 aliphatic carbocycles. The molecule has 0 fully saturated rings. The Labute approximate surface area is 179 Å². The van der Waals surface area contributed by atoms with E-state index in [-0.39, 0.29) is 17.0 Å². The van der Waals surface area contributed by atoms with Crippen LogP contribution in [0.15, 0.2) is 49.2 Å². The second-order valence-corrected chi connectivity index (χ2v) is 7.91. The van der Waals surface area contributed by atoms with Gasteiger partial charge in [0.05, 0.1) is 17.5 Å². The summed E-state index contributed by atoms with van der Waals surface area (Å²) in [5.41, 5.74) is 7.94. The minimum Gasteiger partial charge on any atom is -0.487 e. The smallest absolute Gasteiger partial charge is 0.261 e. The molecule has 4 rings (SSSR count). The number of rotatable bonds is 6. The molecule has 31 heavy (non-hydrogen) atoms. The van der Waals surface area contributed by atoms with Crippen molar-refractivity contribution in [1.82, 2.24) is 19.7 Å². The summed E-state index contributed by atoms with van der Waals surface area (Å²) in [7, 11) is 1.84. The third-order valence-electron chi connectivity index (χ3n) is 4.78. The van der Waals surface area contributed by atoms with Gasteiger partial charge in [0.25, 0.3) is 5.91 Å². The molecule has 2 aromatic heterocycles. The maximum absolute atomic E-state index is 13.0. The van der Waals surface area contributed by atoms with Crippen molar-refractivity contribution in [2.24, 2.45) is 12.8 Å². The average Bonchev–Trinajstić information content (AvgIpc) is 3.28. The van der Waals surface area contributed by atoms with Crippen LogP contribution in [0.5, 0.6) is 11.5 Å². The molecule has 1 aliphatic heterocycles. The second kappa shape index (κ2) is 8.10. The van der Waals surface area contributed by atoms with Crippen LogP contribution >= 0.6 is 0 Å². The van der Waals surface area contributed by atoms with E-state index in [0.29, 0.717) is 18.0 Å². The molecule has 1 aliphatic rings. The zero-order valence-corrected chi connectivity index (χ0v) is 17.6. The largest absolute Gasteiger partial charge is 0.487 e. The van der Waals surface area contributed by atoms with Crippen LogP contribution < -0.4 is 20.5 Å². The fraction of sp³-hybridized carbons (Fsp3) is 0.273. The molecule has 0 atom stereocenters. The number of nitrogens with two attached hydrogens (primary N) is 1. The number of aromatic nitrogens is 4. The molecule has 3 heterocycles. The van der Waals surface area contributed by atoms with E-state index >= 15 is 0 Å². The number of hydrogen-bond donors (Lipinski definition) is 2. The zero-order chi connectivity index (χ0) is 22.0. The Hall–Kier alpha value is -3.88. The van der Waals surface area contributed by atoms with Gasteiger partial charge in [-0.3, -0.25) is 9.48 Å². The fourth-order valence-electron chi connectivity index (χ4n) is 3.44. The van der Waals surface area contributed by atoms with Crippen LogP contribution in [0.4, 0.5) is 5.69 Å². The van der Waals surface area contributed by atoms with E-state index in [1.165, 1.54) is 6.20 Å². The summed E-state index contributed by atoms with van der Waals surface area (Å²) < 4.78 is 13.8. The monoisotopic (exact) mass is 420 g/mol. The highest BCUT2D eigenvalue weighted by molar-refractivity contribution is 6.24. The minimum atomic E-state index is -0.432. The van der Waals surface area contributed by atoms with Crippen molar-refractivity contribution in [3.63, 3.8) is 0 Å². The molecular weight excluding hydrogens is 396 g/mol. The van der Waals surface area contributed by atoms with Crippen molar-refractivity contribution in [3.05, 3.63) is 66.1 Å². The standard InChI is InChI=1S/C22H24N6O3/c1-22(2)9-15-7-17(27-21(29)16(10-23)20-24-5-4-6-25-20)19(8-18(15)31-22)30-13-14-11-26-28(3)12-14/h4-8,10-12H,9,13,23H2,1-3H3,(H,27,29). The highest BCUT2D eigenvalue weighted by Crippen LogP contribution is 2.41. The van der Waals surface area contributed by atoms with Gasteiger partial charge in [0.15, 0.2) is 5.82 Å². The molecule has 3 aromatic rings. The molecule has 3 N–H and O–H groups in total. The predicted molar refractivity (Wildman–Crippen MR) is 115 cm³/mol. The van der Waals surface area contributed by atoms with Gasteiger partial charge in [-0.05, 0) is 26.0 Å². The summed E-state index contributed by atoms with van der Waals surface area (Å²) in [5, 5.41) is 7.04. The lowest BCUT2D eigenvalue weighted by Crippen LogP contribution is -2.24. The zero-order valence-electron chi connectivity index (χ0n) is 17.6. The van der Waals surface area contributed by atoms with E-state index < -0.39 is 5.91 Å². The minimum absolute atomic E-state index is 0.163. The Morgan fingerprint density at radius 2 is 2.13 bits per heavy atom. The number of ether oxygens (including phenoxy) is 2. The third-order valence-corrected chi connectivity index (χ3v) is 4.78. The van der Waals surface area contributed by atoms with Crippen LogP contribution in [0.1, 0.15) is 30.8 Å². The molecule has 0 unspecified atom stereocenters. The van der Waals surface area contributed by atoms with Gasteiger partial charge in [0.2, 0.25) is 0 Å². The molecule has 9 heteroatoms. The maximum Gasteiger partial charge on any atom is 0.261 e. The number of benzene rings is 1. The number of nitrogens with zero attached hydrogens (tertiary/aromatic N) is 4. The quantitative estimate of drug-likeness (QED) is 0.588. The van der Waals surface area contributed by atoms with Gasteiger partial charge >= 0.3 is 0 Å². The molecule has 0 spiro atoms. The van der Waals surface area contributed by atoms with Gasteiger partial charge in [-0.25, -0.2) is 9.97 Å². The number of aryl methyl sites for hydroxylation is 1. The van der Waals surface area contributed by atoms with E-state index in [0.717, 1.165) is 23.3 Å². The number of hydrogen-bond acceptors (Lipinski definition) is 7. The van der Waals surface area contributed by atoms with Gasteiger partial charge in [0.1, 0.15) is 23.7 Å². The number of nitrogens with one attached hydrogen (secondary N) is 1. The molecule has 0 saturated heterocycles. The molecule has 9 nitrogen and oxygen atoms in total. The fourth-order valence-corrected chi connectivity index (χ4v) is 3.44. The summed E-state index contributed by atoms with van der Waals surface area (Å²) in [6.07, 6.45) is 8.61. The van der Waals surface area contributed by atoms with Crippen LogP contribution in [0, 0.1) is 0 Å². The average molecular weight is 420 g/mol. The first-order valence-electron chi connectivity index (χ1n) is 9.81. The van der Waals surface area contributed by atoms with Crippen molar-refractivity contribution in [1.29, 1.82) is 0 Å². The number of anilines is 1. The first kappa shape index (κ1) is 20.4. The lowest BCUT2D eigenvalue weighted by Gasteiger charge is -2.17. The lowest BCUT2D eigenvalue weighted by atomic mass is 10.0. The summed E-state index contributed by atoms with van der Waals surface area (Å²) in [4.78, 5) is 21.2. The summed E-state index contributed by atoms with van der Waals surface area (Å²) in [6.45, 7) is 4.33. The SMILES string of the molecule is Cn1cc(COc2cc3c(cc2NC(=O)C(=CN)c2ncccn2)CC(C)(C)O3)cn1. The molecule has 1 amide bonds. The topological polar surface area (TPSA) is 117 Å². The highest BCUT2D eigenvalue weighted by Gasteiger charge is 2.31. The number of carbonyl (C=O) groups excluding carboxylic acids is 1. The highest BCUT2D eigenvalue weighted by atomic mass is 16.5. The van der Waals surface area contributed by atoms with E-state index in [9.17, 15) is 4.79 Å². The van der Waals surface area contributed by atoms with Crippen LogP contribution in [0.3, 0.4) is 0 Å². The van der Waals surface area contributed by atoms with Crippen molar-refractivity contribution >= 4 is 17.2 Å². The van der Waals surface area contributed by atoms with Crippen LogP contribution in [0.2, 0.25) is 0 Å². The summed E-state index contributed by atoms with van der Waals surface area (Å²) in [5.74, 6) is 1.04. The van der Waals surface area contributed by atoms with Crippen LogP contribution in [0.25, 0.3) is 5.57 Å².